The maximum absolute atomic E-state index is 9.48. The van der Waals surface area contributed by atoms with E-state index in [0.717, 1.165) is 11.2 Å². The number of aromatic hydroxyl groups is 1. The first kappa shape index (κ1) is 12.9. The lowest BCUT2D eigenvalue weighted by Crippen LogP contribution is -1.97. The van der Waals surface area contributed by atoms with Gasteiger partial charge in [-0.3, -0.25) is 4.57 Å². The Morgan fingerprint density at radius 2 is 1.86 bits per heavy atom. The van der Waals surface area contributed by atoms with Crippen LogP contribution < -0.4 is 0 Å². The molecule has 0 aliphatic carbocycles. The fourth-order valence-electron chi connectivity index (χ4n) is 2.36. The van der Waals surface area contributed by atoms with E-state index < -0.39 is 0 Å². The number of rotatable bonds is 2. The highest BCUT2D eigenvalue weighted by atomic mass is 35.5. The van der Waals surface area contributed by atoms with Gasteiger partial charge in [0.2, 0.25) is 0 Å². The zero-order valence-electron chi connectivity index (χ0n) is 11.3. The summed E-state index contributed by atoms with van der Waals surface area (Å²) in [6, 6.07) is 14.0. The number of nitrogens with zero attached hydrogens (tertiary/aromatic N) is 3. The van der Waals surface area contributed by atoms with E-state index in [2.05, 4.69) is 9.97 Å². The lowest BCUT2D eigenvalue weighted by atomic mass is 10.3. The molecule has 0 aliphatic heterocycles. The van der Waals surface area contributed by atoms with Crippen LogP contribution in [0.5, 0.6) is 5.75 Å². The largest absolute Gasteiger partial charge is 0.508 e. The minimum Gasteiger partial charge on any atom is -0.508 e. The first-order valence-corrected chi connectivity index (χ1v) is 6.99. The molecule has 4 aromatic rings. The van der Waals surface area contributed by atoms with Gasteiger partial charge in [-0.25, -0.2) is 9.97 Å². The highest BCUT2D eigenvalue weighted by Crippen LogP contribution is 2.30. The van der Waals surface area contributed by atoms with E-state index in [1.165, 1.54) is 0 Å². The van der Waals surface area contributed by atoms with Crippen molar-refractivity contribution in [2.75, 3.05) is 0 Å². The van der Waals surface area contributed by atoms with Crippen molar-refractivity contribution in [3.8, 4) is 23.0 Å². The molecule has 0 amide bonds. The third kappa shape index (κ3) is 2.03. The molecule has 0 saturated heterocycles. The smallest absolute Gasteiger partial charge is 0.194 e. The molecule has 0 unspecified atom stereocenters. The average molecular weight is 312 g/mol. The van der Waals surface area contributed by atoms with Crippen LogP contribution >= 0.6 is 11.6 Å². The Bertz CT molecular complexity index is 957. The van der Waals surface area contributed by atoms with Crippen LogP contribution in [-0.2, 0) is 0 Å². The summed E-state index contributed by atoms with van der Waals surface area (Å²) < 4.78 is 7.35. The number of fused-ring (bicyclic) bond motifs is 1. The summed E-state index contributed by atoms with van der Waals surface area (Å²) in [7, 11) is 0. The zero-order chi connectivity index (χ0) is 15.1. The van der Waals surface area contributed by atoms with Gasteiger partial charge in [0, 0.05) is 11.9 Å². The van der Waals surface area contributed by atoms with Gasteiger partial charge >= 0.3 is 0 Å². The van der Waals surface area contributed by atoms with Crippen molar-refractivity contribution < 1.29 is 9.52 Å². The molecule has 22 heavy (non-hydrogen) atoms. The summed E-state index contributed by atoms with van der Waals surface area (Å²) in [6.07, 6.45) is 1.71. The lowest BCUT2D eigenvalue weighted by Gasteiger charge is -2.07. The normalized spacial score (nSPS) is 11.1. The number of hydrogen-bond donors (Lipinski definition) is 1. The van der Waals surface area contributed by atoms with Gasteiger partial charge in [0.25, 0.3) is 0 Å². The van der Waals surface area contributed by atoms with Crippen molar-refractivity contribution in [3.63, 3.8) is 0 Å². The number of pyridine rings is 1. The van der Waals surface area contributed by atoms with Crippen molar-refractivity contribution in [1.82, 2.24) is 14.5 Å². The number of phenols is 1. The minimum absolute atomic E-state index is 0.198. The lowest BCUT2D eigenvalue weighted by molar-refractivity contribution is 0.475. The van der Waals surface area contributed by atoms with Crippen molar-refractivity contribution in [2.24, 2.45) is 0 Å². The van der Waals surface area contributed by atoms with Crippen molar-refractivity contribution in [2.45, 2.75) is 0 Å². The third-order valence-electron chi connectivity index (χ3n) is 3.32. The first-order valence-electron chi connectivity index (χ1n) is 6.61. The van der Waals surface area contributed by atoms with Crippen LogP contribution in [0.1, 0.15) is 0 Å². The van der Waals surface area contributed by atoms with Gasteiger partial charge in [0.1, 0.15) is 11.3 Å². The first-order chi connectivity index (χ1) is 10.7. The van der Waals surface area contributed by atoms with Crippen molar-refractivity contribution in [1.29, 1.82) is 0 Å². The predicted molar refractivity (Wildman–Crippen MR) is 83.2 cm³/mol. The number of aromatic nitrogens is 3. The molecule has 3 aromatic heterocycles. The summed E-state index contributed by atoms with van der Waals surface area (Å²) in [4.78, 5) is 8.98. The van der Waals surface area contributed by atoms with Crippen molar-refractivity contribution in [3.05, 3.63) is 59.9 Å². The van der Waals surface area contributed by atoms with Crippen LogP contribution in [0, 0.1) is 0 Å². The van der Waals surface area contributed by atoms with E-state index in [1.807, 2.05) is 16.7 Å². The van der Waals surface area contributed by atoms with Gasteiger partial charge < -0.3 is 9.52 Å². The standard InChI is InChI=1S/C16H10ClN3O2/c17-14-8-7-13(22-14)16-19-12-2-1-9-18-15(12)20(16)10-3-5-11(21)6-4-10/h1-9,21H. The number of imidazole rings is 1. The Balaban J connectivity index is 2.03. The fraction of sp³-hybridized carbons (Fsp3) is 0. The Hall–Kier alpha value is -2.79. The minimum atomic E-state index is 0.198. The van der Waals surface area contributed by atoms with Crippen LogP contribution in [0.3, 0.4) is 0 Å². The molecule has 3 heterocycles. The number of benzene rings is 1. The van der Waals surface area contributed by atoms with E-state index in [-0.39, 0.29) is 5.75 Å². The number of phenolic OH excluding ortho intramolecular Hbond substituents is 1. The topological polar surface area (TPSA) is 64.1 Å². The molecule has 0 saturated carbocycles. The number of hydrogen-bond acceptors (Lipinski definition) is 4. The number of halogens is 1. The quantitative estimate of drug-likeness (QED) is 0.607. The van der Waals surface area contributed by atoms with Crippen LogP contribution in [0.15, 0.2) is 59.1 Å². The maximum atomic E-state index is 9.48. The molecule has 5 nitrogen and oxygen atoms in total. The molecule has 1 aromatic carbocycles. The predicted octanol–water partition coefficient (Wildman–Crippen LogP) is 4.04. The molecular weight excluding hydrogens is 302 g/mol. The molecular formula is C16H10ClN3O2. The van der Waals surface area contributed by atoms with Gasteiger partial charge in [0.05, 0.1) is 0 Å². The van der Waals surface area contributed by atoms with Gasteiger partial charge in [0.15, 0.2) is 22.5 Å². The van der Waals surface area contributed by atoms with E-state index in [0.29, 0.717) is 22.5 Å². The third-order valence-corrected chi connectivity index (χ3v) is 3.52. The van der Waals surface area contributed by atoms with Crippen molar-refractivity contribution >= 4 is 22.8 Å². The summed E-state index contributed by atoms with van der Waals surface area (Å²) in [5.41, 5.74) is 2.27. The van der Waals surface area contributed by atoms with E-state index >= 15 is 0 Å². The highest BCUT2D eigenvalue weighted by Gasteiger charge is 2.17. The molecule has 108 valence electrons. The second-order valence-electron chi connectivity index (χ2n) is 4.74. The van der Waals surface area contributed by atoms with E-state index in [1.54, 1.807) is 42.6 Å². The monoisotopic (exact) mass is 311 g/mol. The van der Waals surface area contributed by atoms with Crippen LogP contribution in [-0.4, -0.2) is 19.6 Å². The molecule has 0 atom stereocenters. The highest BCUT2D eigenvalue weighted by molar-refractivity contribution is 6.29. The van der Waals surface area contributed by atoms with Crippen LogP contribution in [0.25, 0.3) is 28.4 Å². The maximum Gasteiger partial charge on any atom is 0.194 e. The van der Waals surface area contributed by atoms with Gasteiger partial charge in [-0.15, -0.1) is 0 Å². The zero-order valence-corrected chi connectivity index (χ0v) is 12.0. The van der Waals surface area contributed by atoms with E-state index in [4.69, 9.17) is 16.0 Å². The summed E-state index contributed by atoms with van der Waals surface area (Å²) in [5.74, 6) is 1.35. The SMILES string of the molecule is Oc1ccc(-n2c(-c3ccc(Cl)o3)nc3cccnc32)cc1. The second kappa shape index (κ2) is 4.89. The molecule has 0 fully saturated rings. The van der Waals surface area contributed by atoms with Gasteiger partial charge in [-0.1, -0.05) is 0 Å². The molecule has 4 rings (SSSR count). The molecule has 1 N–H and O–H groups in total. The number of furan rings is 1. The van der Waals surface area contributed by atoms with Crippen LogP contribution in [0.4, 0.5) is 0 Å². The van der Waals surface area contributed by atoms with Gasteiger partial charge in [-0.2, -0.15) is 0 Å². The molecule has 0 aliphatic rings. The molecule has 0 radical (unpaired) electrons. The Morgan fingerprint density at radius 1 is 1.05 bits per heavy atom. The summed E-state index contributed by atoms with van der Waals surface area (Å²) in [5, 5.41) is 9.78. The average Bonchev–Trinajstić information content (AvgIpc) is 3.11. The Labute approximate surface area is 130 Å². The van der Waals surface area contributed by atoms with Gasteiger partial charge in [-0.05, 0) is 60.1 Å². The molecule has 6 heteroatoms. The molecule has 0 bridgehead atoms. The summed E-state index contributed by atoms with van der Waals surface area (Å²) >= 11 is 5.88. The Morgan fingerprint density at radius 3 is 2.59 bits per heavy atom. The fourth-order valence-corrected chi connectivity index (χ4v) is 2.50. The summed E-state index contributed by atoms with van der Waals surface area (Å²) in [6.45, 7) is 0. The Kier molecular flexibility index (Phi) is 2.87. The van der Waals surface area contributed by atoms with Crippen LogP contribution in [0.2, 0.25) is 5.22 Å². The second-order valence-corrected chi connectivity index (χ2v) is 5.11. The molecule has 0 spiro atoms. The van der Waals surface area contributed by atoms with E-state index in [9.17, 15) is 5.11 Å².